The Balaban J connectivity index is 0.00000364. The van der Waals surface area contributed by atoms with Crippen molar-refractivity contribution < 1.29 is 8.42 Å². The molecule has 1 aliphatic rings. The van der Waals surface area contributed by atoms with Gasteiger partial charge in [-0.3, -0.25) is 0 Å². The fraction of sp³-hybridized carbons (Fsp3) is 0.632. The van der Waals surface area contributed by atoms with Crippen LogP contribution >= 0.6 is 24.0 Å². The number of hydrogen-bond acceptors (Lipinski definition) is 3. The Morgan fingerprint density at radius 3 is 2.41 bits per heavy atom. The summed E-state index contributed by atoms with van der Waals surface area (Å²) >= 11 is 0. The van der Waals surface area contributed by atoms with Gasteiger partial charge in [-0.25, -0.2) is 18.1 Å². The molecule has 0 aromatic heterocycles. The third-order valence-corrected chi connectivity index (χ3v) is 5.85. The molecule has 0 atom stereocenters. The molecule has 0 heterocycles. The van der Waals surface area contributed by atoms with Crippen LogP contribution in [-0.2, 0) is 22.3 Å². The number of guanidine groups is 1. The Kier molecular flexibility index (Phi) is 10.6. The molecule has 0 saturated heterocycles. The van der Waals surface area contributed by atoms with Crippen molar-refractivity contribution in [3.63, 3.8) is 0 Å². The van der Waals surface area contributed by atoms with E-state index in [1.54, 1.807) is 0 Å². The number of aliphatic imine (C=N–C) groups is 1. The highest BCUT2D eigenvalue weighted by molar-refractivity contribution is 14.0. The van der Waals surface area contributed by atoms with Crippen molar-refractivity contribution in [2.45, 2.75) is 70.8 Å². The third kappa shape index (κ3) is 8.78. The normalized spacial score (nSPS) is 15.6. The fourth-order valence-electron chi connectivity index (χ4n) is 3.21. The smallest absolute Gasteiger partial charge is 0.216 e. The molecule has 154 valence electrons. The van der Waals surface area contributed by atoms with Crippen molar-refractivity contribution in [2.75, 3.05) is 6.54 Å². The van der Waals surface area contributed by atoms with E-state index in [0.29, 0.717) is 12.6 Å². The maximum absolute atomic E-state index is 12.3. The maximum atomic E-state index is 12.3. The van der Waals surface area contributed by atoms with Gasteiger partial charge < -0.3 is 10.6 Å². The first-order valence-electron chi connectivity index (χ1n) is 9.51. The Hall–Kier alpha value is -0.870. The minimum atomic E-state index is -3.35. The van der Waals surface area contributed by atoms with E-state index < -0.39 is 10.0 Å². The minimum absolute atomic E-state index is 0. The van der Waals surface area contributed by atoms with Crippen LogP contribution in [0.15, 0.2) is 29.3 Å². The van der Waals surface area contributed by atoms with Crippen molar-refractivity contribution in [3.8, 4) is 0 Å². The molecule has 0 spiro atoms. The predicted molar refractivity (Wildman–Crippen MR) is 123 cm³/mol. The van der Waals surface area contributed by atoms with E-state index in [9.17, 15) is 8.42 Å². The van der Waals surface area contributed by atoms with Crippen LogP contribution in [-0.4, -0.2) is 33.0 Å². The average molecular weight is 508 g/mol. The van der Waals surface area contributed by atoms with Gasteiger partial charge >= 0.3 is 0 Å². The highest BCUT2D eigenvalue weighted by Gasteiger charge is 2.17. The largest absolute Gasteiger partial charge is 0.357 e. The van der Waals surface area contributed by atoms with Crippen LogP contribution in [0.2, 0.25) is 0 Å². The lowest BCUT2D eigenvalue weighted by atomic mass is 10.1. The topological polar surface area (TPSA) is 82.6 Å². The number of rotatable bonds is 8. The lowest BCUT2D eigenvalue weighted by Crippen LogP contribution is -2.42. The molecular formula is C19H33IN4O2S. The lowest BCUT2D eigenvalue weighted by Gasteiger charge is -2.17. The predicted octanol–water partition coefficient (Wildman–Crippen LogP) is 3.13. The van der Waals surface area contributed by atoms with Crippen molar-refractivity contribution in [1.29, 1.82) is 0 Å². The van der Waals surface area contributed by atoms with E-state index in [-0.39, 0.29) is 35.8 Å². The summed E-state index contributed by atoms with van der Waals surface area (Å²) in [7, 11) is -3.35. The third-order valence-electron chi connectivity index (χ3n) is 4.33. The summed E-state index contributed by atoms with van der Waals surface area (Å²) in [6.45, 7) is 6.95. The van der Waals surface area contributed by atoms with Gasteiger partial charge in [-0.15, -0.1) is 24.0 Å². The summed E-state index contributed by atoms with van der Waals surface area (Å²) < 4.78 is 27.2. The van der Waals surface area contributed by atoms with Crippen molar-refractivity contribution in [1.82, 2.24) is 15.4 Å². The zero-order valence-corrected chi connectivity index (χ0v) is 19.6. The van der Waals surface area contributed by atoms with Crippen LogP contribution in [0.25, 0.3) is 0 Å². The lowest BCUT2D eigenvalue weighted by molar-refractivity contribution is 0.569. The minimum Gasteiger partial charge on any atom is -0.357 e. The zero-order valence-electron chi connectivity index (χ0n) is 16.5. The van der Waals surface area contributed by atoms with Crippen molar-refractivity contribution in [2.24, 2.45) is 4.99 Å². The van der Waals surface area contributed by atoms with E-state index in [4.69, 9.17) is 0 Å². The van der Waals surface area contributed by atoms with Crippen LogP contribution in [0.5, 0.6) is 0 Å². The van der Waals surface area contributed by atoms with E-state index in [2.05, 4.69) is 20.3 Å². The zero-order chi connectivity index (χ0) is 19.0. The Labute approximate surface area is 181 Å². The van der Waals surface area contributed by atoms with Gasteiger partial charge in [0.1, 0.15) is 0 Å². The van der Waals surface area contributed by atoms with Crippen LogP contribution in [0.4, 0.5) is 0 Å². The van der Waals surface area contributed by atoms with Crippen molar-refractivity contribution in [3.05, 3.63) is 35.4 Å². The van der Waals surface area contributed by atoms with Gasteiger partial charge in [0, 0.05) is 18.6 Å². The molecule has 0 radical (unpaired) electrons. The summed E-state index contributed by atoms with van der Waals surface area (Å²) in [6, 6.07) is 7.98. The average Bonchev–Trinajstić information content (AvgIpc) is 3.05. The number of benzene rings is 1. The molecule has 1 saturated carbocycles. The molecule has 0 aliphatic heterocycles. The molecule has 0 amide bonds. The fourth-order valence-corrected chi connectivity index (χ4v) is 4.70. The van der Waals surface area contributed by atoms with Crippen LogP contribution < -0.4 is 15.4 Å². The first-order chi connectivity index (χ1) is 12.4. The Morgan fingerprint density at radius 1 is 1.19 bits per heavy atom. The van der Waals surface area contributed by atoms with E-state index in [0.717, 1.165) is 23.6 Å². The number of halogens is 1. The summed E-state index contributed by atoms with van der Waals surface area (Å²) in [4.78, 5) is 4.68. The van der Waals surface area contributed by atoms with Crippen LogP contribution in [0.3, 0.4) is 0 Å². The second-order valence-electron chi connectivity index (χ2n) is 7.12. The number of nitrogens with zero attached hydrogens (tertiary/aromatic N) is 1. The first kappa shape index (κ1) is 24.2. The number of sulfonamides is 1. The molecule has 6 nitrogen and oxygen atoms in total. The van der Waals surface area contributed by atoms with E-state index in [1.165, 1.54) is 25.7 Å². The van der Waals surface area contributed by atoms with E-state index in [1.807, 2.05) is 45.0 Å². The van der Waals surface area contributed by atoms with E-state index >= 15 is 0 Å². The summed E-state index contributed by atoms with van der Waals surface area (Å²) in [5.41, 5.74) is 1.73. The molecule has 1 fully saturated rings. The summed E-state index contributed by atoms with van der Waals surface area (Å²) in [6.07, 6.45) is 4.89. The highest BCUT2D eigenvalue weighted by atomic mass is 127. The van der Waals surface area contributed by atoms with Crippen molar-refractivity contribution >= 4 is 40.0 Å². The van der Waals surface area contributed by atoms with Gasteiger partial charge in [0.05, 0.1) is 12.3 Å². The van der Waals surface area contributed by atoms with Gasteiger partial charge in [-0.2, -0.15) is 0 Å². The molecular weight excluding hydrogens is 475 g/mol. The molecule has 1 aromatic carbocycles. The first-order valence-corrected chi connectivity index (χ1v) is 11.2. The summed E-state index contributed by atoms with van der Waals surface area (Å²) in [5.74, 6) is 0.779. The molecule has 3 N–H and O–H groups in total. The molecule has 1 aliphatic carbocycles. The molecule has 8 heteroatoms. The Morgan fingerprint density at radius 2 is 1.81 bits per heavy atom. The molecule has 0 bridgehead atoms. The monoisotopic (exact) mass is 508 g/mol. The SMILES string of the molecule is CCNC(=NCc1ccccc1CS(=O)(=O)NC(C)C)NC1CCCC1.I. The number of hydrogen-bond donors (Lipinski definition) is 3. The van der Waals surface area contributed by atoms with Crippen LogP contribution in [0, 0.1) is 0 Å². The van der Waals surface area contributed by atoms with Crippen LogP contribution in [0.1, 0.15) is 57.6 Å². The molecule has 1 aromatic rings. The van der Waals surface area contributed by atoms with Gasteiger partial charge in [-0.05, 0) is 44.7 Å². The van der Waals surface area contributed by atoms with Gasteiger partial charge in [0.25, 0.3) is 0 Å². The standard InChI is InChI=1S/C19H32N4O2S.HI/c1-4-20-19(22-18-11-7-8-12-18)21-13-16-9-5-6-10-17(16)14-26(24,25)23-15(2)3;/h5-6,9-10,15,18,23H,4,7-8,11-14H2,1-3H3,(H2,20,21,22);1H. The van der Waals surface area contributed by atoms with Gasteiger partial charge in [-0.1, -0.05) is 37.1 Å². The highest BCUT2D eigenvalue weighted by Crippen LogP contribution is 2.18. The van der Waals surface area contributed by atoms with Gasteiger partial charge in [0.2, 0.25) is 10.0 Å². The maximum Gasteiger partial charge on any atom is 0.216 e. The molecule has 2 rings (SSSR count). The number of nitrogens with one attached hydrogen (secondary N) is 3. The quantitative estimate of drug-likeness (QED) is 0.286. The molecule has 0 unspecified atom stereocenters. The Bertz CT molecular complexity index is 701. The van der Waals surface area contributed by atoms with Gasteiger partial charge in [0.15, 0.2) is 5.96 Å². The second-order valence-corrected chi connectivity index (χ2v) is 8.88. The summed E-state index contributed by atoms with van der Waals surface area (Å²) in [5, 5.41) is 6.77. The molecule has 27 heavy (non-hydrogen) atoms. The second kappa shape index (κ2) is 11.9.